The molecule has 0 radical (unpaired) electrons. The van der Waals surface area contributed by atoms with Crippen LogP contribution in [0.3, 0.4) is 0 Å². The van der Waals surface area contributed by atoms with Crippen molar-refractivity contribution in [2.45, 2.75) is 31.2 Å². The number of hydrogen-bond acceptors (Lipinski definition) is 2. The highest BCUT2D eigenvalue weighted by Crippen LogP contribution is 2.39. The monoisotopic (exact) mass is 196 g/mol. The van der Waals surface area contributed by atoms with E-state index in [1.165, 1.54) is 0 Å². The molecule has 1 fully saturated rings. The molecule has 0 aromatic rings. The fourth-order valence-electron chi connectivity index (χ4n) is 1.21. The maximum absolute atomic E-state index is 10.8. The van der Waals surface area contributed by atoms with Crippen molar-refractivity contribution >= 4 is 29.2 Å². The van der Waals surface area contributed by atoms with E-state index in [1.54, 1.807) is 0 Å². The number of esters is 1. The fraction of sp³-hybridized carbons (Fsp3) is 0.857. The van der Waals surface area contributed by atoms with Crippen LogP contribution in [0.2, 0.25) is 0 Å². The van der Waals surface area contributed by atoms with Crippen molar-refractivity contribution in [2.24, 2.45) is 5.41 Å². The molecule has 1 aliphatic heterocycles. The Labute approximate surface area is 75.8 Å². The largest absolute Gasteiger partial charge is 0.459 e. The van der Waals surface area contributed by atoms with Crippen molar-refractivity contribution in [1.82, 2.24) is 0 Å². The molecule has 2 nitrogen and oxygen atoms in total. The van der Waals surface area contributed by atoms with Crippen molar-refractivity contribution < 1.29 is 9.53 Å². The van der Waals surface area contributed by atoms with Crippen LogP contribution >= 0.6 is 23.2 Å². The molecule has 64 valence electrons. The lowest BCUT2D eigenvalue weighted by atomic mass is 9.86. The fourth-order valence-corrected chi connectivity index (χ4v) is 1.99. The minimum atomic E-state index is -0.628. The SMILES string of the molecule is CC1(C)CC(=O)OC1C(Cl)Cl. The first-order valence-electron chi connectivity index (χ1n) is 3.41. The van der Waals surface area contributed by atoms with Gasteiger partial charge in [-0.25, -0.2) is 0 Å². The third kappa shape index (κ3) is 1.79. The molecule has 4 heteroatoms. The molecule has 0 N–H and O–H groups in total. The number of carbonyl (C=O) groups is 1. The summed E-state index contributed by atoms with van der Waals surface area (Å²) in [5.41, 5.74) is -0.231. The Balaban J connectivity index is 2.74. The summed E-state index contributed by atoms with van der Waals surface area (Å²) in [4.78, 5) is 10.2. The predicted octanol–water partition coefficient (Wildman–Crippen LogP) is 2.13. The van der Waals surface area contributed by atoms with E-state index < -0.39 is 4.84 Å². The first kappa shape index (κ1) is 9.14. The number of ether oxygens (including phenoxy) is 1. The standard InChI is InChI=1S/C7H10Cl2O2/c1-7(2)3-4(10)11-5(7)6(8)9/h5-6H,3H2,1-2H3. The average molecular weight is 197 g/mol. The van der Waals surface area contributed by atoms with Gasteiger partial charge >= 0.3 is 5.97 Å². The molecule has 1 saturated heterocycles. The second-order valence-electron chi connectivity index (χ2n) is 3.41. The van der Waals surface area contributed by atoms with Crippen molar-refractivity contribution in [1.29, 1.82) is 0 Å². The Kier molecular flexibility index (Phi) is 2.35. The van der Waals surface area contributed by atoms with Gasteiger partial charge in [-0.2, -0.15) is 0 Å². The molecular weight excluding hydrogens is 187 g/mol. The normalized spacial score (nSPS) is 29.2. The molecule has 0 aromatic heterocycles. The maximum Gasteiger partial charge on any atom is 0.306 e. The minimum Gasteiger partial charge on any atom is -0.459 e. The zero-order chi connectivity index (χ0) is 8.65. The van der Waals surface area contributed by atoms with Gasteiger partial charge in [0.05, 0.1) is 6.42 Å². The predicted molar refractivity (Wildman–Crippen MR) is 43.8 cm³/mol. The van der Waals surface area contributed by atoms with E-state index in [1.807, 2.05) is 13.8 Å². The second-order valence-corrected chi connectivity index (χ2v) is 4.57. The zero-order valence-corrected chi connectivity index (χ0v) is 7.95. The van der Waals surface area contributed by atoms with Gasteiger partial charge in [-0.15, -0.1) is 23.2 Å². The van der Waals surface area contributed by atoms with Crippen LogP contribution in [0.1, 0.15) is 20.3 Å². The van der Waals surface area contributed by atoms with Gasteiger partial charge in [0.25, 0.3) is 0 Å². The molecule has 0 aromatic carbocycles. The van der Waals surface area contributed by atoms with Gasteiger partial charge in [0, 0.05) is 5.41 Å². The lowest BCUT2D eigenvalue weighted by Gasteiger charge is -2.24. The number of halogens is 2. The summed E-state index contributed by atoms with van der Waals surface area (Å²) in [5.74, 6) is -0.216. The van der Waals surface area contributed by atoms with Gasteiger partial charge in [0.1, 0.15) is 10.9 Å². The molecule has 0 amide bonds. The quantitative estimate of drug-likeness (QED) is 0.475. The van der Waals surface area contributed by atoms with Crippen LogP contribution < -0.4 is 0 Å². The number of hydrogen-bond donors (Lipinski definition) is 0. The molecule has 0 bridgehead atoms. The van der Waals surface area contributed by atoms with Crippen molar-refractivity contribution in [3.63, 3.8) is 0 Å². The zero-order valence-electron chi connectivity index (χ0n) is 6.43. The van der Waals surface area contributed by atoms with Crippen LogP contribution in [0.25, 0.3) is 0 Å². The molecule has 1 atom stereocenters. The Hall–Kier alpha value is 0.0500. The van der Waals surface area contributed by atoms with E-state index in [2.05, 4.69) is 0 Å². The highest BCUT2D eigenvalue weighted by atomic mass is 35.5. The summed E-state index contributed by atoms with van der Waals surface area (Å²) in [6.07, 6.45) is 0.0338. The third-order valence-corrected chi connectivity index (χ3v) is 2.32. The third-order valence-electron chi connectivity index (χ3n) is 1.86. The molecule has 1 rings (SSSR count). The first-order chi connectivity index (χ1) is 4.93. The number of alkyl halides is 2. The summed E-state index contributed by atoms with van der Waals surface area (Å²) in [6, 6.07) is 0. The number of cyclic esters (lactones) is 1. The van der Waals surface area contributed by atoms with Crippen molar-refractivity contribution in [3.05, 3.63) is 0 Å². The summed E-state index contributed by atoms with van der Waals surface area (Å²) in [5, 5.41) is 0. The topological polar surface area (TPSA) is 26.3 Å². The van der Waals surface area contributed by atoms with E-state index >= 15 is 0 Å². The second kappa shape index (κ2) is 2.83. The van der Waals surface area contributed by atoms with Gasteiger partial charge in [0.15, 0.2) is 0 Å². The van der Waals surface area contributed by atoms with E-state index in [0.717, 1.165) is 0 Å². The Morgan fingerprint density at radius 2 is 2.18 bits per heavy atom. The summed E-state index contributed by atoms with van der Waals surface area (Å²) < 4.78 is 4.94. The number of rotatable bonds is 1. The summed E-state index contributed by atoms with van der Waals surface area (Å²) in [7, 11) is 0. The van der Waals surface area contributed by atoms with Crippen LogP contribution in [-0.2, 0) is 9.53 Å². The Morgan fingerprint density at radius 1 is 1.64 bits per heavy atom. The highest BCUT2D eigenvalue weighted by Gasteiger charge is 2.45. The average Bonchev–Trinajstić information content (AvgIpc) is 2.04. The van der Waals surface area contributed by atoms with Gasteiger partial charge in [-0.05, 0) is 0 Å². The molecule has 1 aliphatic rings. The van der Waals surface area contributed by atoms with Crippen molar-refractivity contribution in [2.75, 3.05) is 0 Å². The van der Waals surface area contributed by atoms with Gasteiger partial charge in [-0.1, -0.05) is 13.8 Å². The lowest BCUT2D eigenvalue weighted by molar-refractivity contribution is -0.141. The van der Waals surface area contributed by atoms with E-state index in [9.17, 15) is 4.79 Å². The van der Waals surface area contributed by atoms with Gasteiger partial charge < -0.3 is 4.74 Å². The molecule has 0 aliphatic carbocycles. The summed E-state index contributed by atoms with van der Waals surface area (Å²) >= 11 is 11.2. The molecule has 0 spiro atoms. The Morgan fingerprint density at radius 3 is 2.36 bits per heavy atom. The number of carbonyl (C=O) groups excluding carboxylic acids is 1. The van der Waals surface area contributed by atoms with Crippen LogP contribution in [0, 0.1) is 5.41 Å². The molecule has 1 heterocycles. The minimum absolute atomic E-state index is 0.216. The summed E-state index contributed by atoms with van der Waals surface area (Å²) in [6.45, 7) is 3.83. The molecule has 1 unspecified atom stereocenters. The van der Waals surface area contributed by atoms with Gasteiger partial charge in [0.2, 0.25) is 0 Å². The van der Waals surface area contributed by atoms with E-state index in [0.29, 0.717) is 6.42 Å². The Bertz CT molecular complexity index is 177. The first-order valence-corrected chi connectivity index (χ1v) is 4.28. The maximum atomic E-state index is 10.8. The van der Waals surface area contributed by atoms with Crippen LogP contribution in [0.15, 0.2) is 0 Å². The molecular formula is C7H10Cl2O2. The highest BCUT2D eigenvalue weighted by molar-refractivity contribution is 6.44. The van der Waals surface area contributed by atoms with E-state index in [-0.39, 0.29) is 17.5 Å². The van der Waals surface area contributed by atoms with E-state index in [4.69, 9.17) is 27.9 Å². The molecule has 0 saturated carbocycles. The smallest absolute Gasteiger partial charge is 0.306 e. The van der Waals surface area contributed by atoms with Crippen LogP contribution in [-0.4, -0.2) is 16.9 Å². The van der Waals surface area contributed by atoms with Crippen LogP contribution in [0.4, 0.5) is 0 Å². The van der Waals surface area contributed by atoms with Gasteiger partial charge in [-0.3, -0.25) is 4.79 Å². The lowest BCUT2D eigenvalue weighted by Crippen LogP contribution is -2.30. The van der Waals surface area contributed by atoms with Crippen molar-refractivity contribution in [3.8, 4) is 0 Å². The molecule has 11 heavy (non-hydrogen) atoms. The van der Waals surface area contributed by atoms with Crippen LogP contribution in [0.5, 0.6) is 0 Å².